The molecule has 0 atom stereocenters. The van der Waals surface area contributed by atoms with Crippen LogP contribution >= 0.6 is 0 Å². The highest BCUT2D eigenvalue weighted by Crippen LogP contribution is 2.05. The molecule has 0 aliphatic rings. The molecule has 72 valence electrons. The molecule has 0 saturated carbocycles. The fraction of sp³-hybridized carbons (Fsp3) is 0.545. The van der Waals surface area contributed by atoms with Crippen LogP contribution in [0.1, 0.15) is 44.1 Å². The second-order valence-corrected chi connectivity index (χ2v) is 3.30. The smallest absolute Gasteiger partial charge is 0.106 e. The summed E-state index contributed by atoms with van der Waals surface area (Å²) in [5.41, 5.74) is 1.02. The number of hydrogen-bond donors (Lipinski definition) is 1. The van der Waals surface area contributed by atoms with Crippen LogP contribution in [-0.2, 0) is 6.42 Å². The van der Waals surface area contributed by atoms with Crippen molar-refractivity contribution in [2.45, 2.75) is 39.0 Å². The summed E-state index contributed by atoms with van der Waals surface area (Å²) in [6.45, 7) is 5.91. The minimum absolute atomic E-state index is 1.02. The second-order valence-electron chi connectivity index (χ2n) is 3.30. The average molecular weight is 178 g/mol. The van der Waals surface area contributed by atoms with E-state index in [-0.39, 0.29) is 0 Å². The quantitative estimate of drug-likeness (QED) is 0.666. The van der Waals surface area contributed by atoms with Gasteiger partial charge in [-0.1, -0.05) is 32.8 Å². The minimum atomic E-state index is 1.02. The predicted molar refractivity (Wildman–Crippen MR) is 56.5 cm³/mol. The number of aromatic amines is 1. The molecule has 0 radical (unpaired) electrons. The van der Waals surface area contributed by atoms with Crippen molar-refractivity contribution in [3.8, 4) is 0 Å². The van der Waals surface area contributed by atoms with Crippen LogP contribution < -0.4 is 0 Å². The van der Waals surface area contributed by atoms with Gasteiger partial charge >= 0.3 is 0 Å². The summed E-state index contributed by atoms with van der Waals surface area (Å²) < 4.78 is 0. The van der Waals surface area contributed by atoms with E-state index in [2.05, 4.69) is 23.5 Å². The monoisotopic (exact) mass is 178 g/mol. The maximum Gasteiger partial charge on any atom is 0.106 e. The molecule has 0 fully saturated rings. The van der Waals surface area contributed by atoms with Crippen LogP contribution in [0.15, 0.2) is 12.8 Å². The van der Waals surface area contributed by atoms with Gasteiger partial charge in [0.15, 0.2) is 0 Å². The Bertz CT molecular complexity index is 250. The van der Waals surface area contributed by atoms with E-state index in [9.17, 15) is 0 Å². The summed E-state index contributed by atoms with van der Waals surface area (Å²) in [5.74, 6) is 1.09. The van der Waals surface area contributed by atoms with Crippen LogP contribution in [0, 0.1) is 0 Å². The molecule has 0 unspecified atom stereocenters. The van der Waals surface area contributed by atoms with E-state index >= 15 is 0 Å². The third kappa shape index (κ3) is 3.45. The van der Waals surface area contributed by atoms with E-state index in [1.807, 2.05) is 6.20 Å². The number of imidazole rings is 1. The first-order valence-corrected chi connectivity index (χ1v) is 5.03. The van der Waals surface area contributed by atoms with Crippen LogP contribution in [0.3, 0.4) is 0 Å². The van der Waals surface area contributed by atoms with Crippen molar-refractivity contribution >= 4 is 6.08 Å². The molecule has 0 spiro atoms. The Morgan fingerprint density at radius 2 is 2.31 bits per heavy atom. The number of nitrogens with one attached hydrogen (secondary N) is 1. The zero-order chi connectivity index (χ0) is 9.52. The molecule has 0 amide bonds. The van der Waals surface area contributed by atoms with Crippen molar-refractivity contribution in [2.24, 2.45) is 0 Å². The summed E-state index contributed by atoms with van der Waals surface area (Å²) in [5, 5.41) is 0. The van der Waals surface area contributed by atoms with Gasteiger partial charge in [0, 0.05) is 6.42 Å². The Labute approximate surface area is 80.1 Å². The Morgan fingerprint density at radius 1 is 1.46 bits per heavy atom. The lowest BCUT2D eigenvalue weighted by molar-refractivity contribution is 0.655. The molecular weight excluding hydrogens is 160 g/mol. The van der Waals surface area contributed by atoms with Gasteiger partial charge in [-0.2, -0.15) is 0 Å². The van der Waals surface area contributed by atoms with Crippen LogP contribution in [0.2, 0.25) is 0 Å². The van der Waals surface area contributed by atoms with Crippen LogP contribution in [0.5, 0.6) is 0 Å². The van der Waals surface area contributed by atoms with Gasteiger partial charge < -0.3 is 4.98 Å². The van der Waals surface area contributed by atoms with Crippen molar-refractivity contribution in [2.75, 3.05) is 0 Å². The van der Waals surface area contributed by atoms with Crippen LogP contribution in [0.4, 0.5) is 0 Å². The van der Waals surface area contributed by atoms with Crippen LogP contribution in [-0.4, -0.2) is 9.97 Å². The number of unbranched alkanes of at least 4 members (excludes halogenated alkanes) is 3. The fourth-order valence-corrected chi connectivity index (χ4v) is 1.33. The van der Waals surface area contributed by atoms with Crippen molar-refractivity contribution in [1.29, 1.82) is 0 Å². The summed E-state index contributed by atoms with van der Waals surface area (Å²) in [6.07, 6.45) is 9.85. The van der Waals surface area contributed by atoms with E-state index < -0.39 is 0 Å². The molecule has 13 heavy (non-hydrogen) atoms. The van der Waals surface area contributed by atoms with Crippen molar-refractivity contribution in [3.05, 3.63) is 24.3 Å². The highest BCUT2D eigenvalue weighted by atomic mass is 14.9. The molecule has 1 aromatic heterocycles. The number of aromatic nitrogens is 2. The summed E-state index contributed by atoms with van der Waals surface area (Å²) in [4.78, 5) is 7.47. The molecule has 2 nitrogen and oxygen atoms in total. The standard InChI is InChI=1S/C11H18N2/c1-3-5-6-7-8-11-12-9-10(4-2)13-11/h4,9H,2-3,5-8H2,1H3,(H,12,13). The Balaban J connectivity index is 2.24. The number of nitrogens with zero attached hydrogens (tertiary/aromatic N) is 1. The largest absolute Gasteiger partial charge is 0.343 e. The highest BCUT2D eigenvalue weighted by molar-refractivity contribution is 5.39. The first-order valence-electron chi connectivity index (χ1n) is 5.03. The highest BCUT2D eigenvalue weighted by Gasteiger charge is 1.96. The predicted octanol–water partition coefficient (Wildman–Crippen LogP) is 3.18. The van der Waals surface area contributed by atoms with Gasteiger partial charge in [0.1, 0.15) is 5.82 Å². The van der Waals surface area contributed by atoms with Gasteiger partial charge in [0.2, 0.25) is 0 Å². The third-order valence-electron chi connectivity index (χ3n) is 2.14. The Morgan fingerprint density at radius 3 is 2.92 bits per heavy atom. The normalized spacial score (nSPS) is 10.2. The zero-order valence-electron chi connectivity index (χ0n) is 8.34. The van der Waals surface area contributed by atoms with Gasteiger partial charge in [0.05, 0.1) is 11.9 Å². The summed E-state index contributed by atoms with van der Waals surface area (Å²) in [6, 6.07) is 0. The van der Waals surface area contributed by atoms with E-state index in [0.29, 0.717) is 0 Å². The van der Waals surface area contributed by atoms with Gasteiger partial charge in [0.25, 0.3) is 0 Å². The van der Waals surface area contributed by atoms with Gasteiger partial charge in [-0.15, -0.1) is 0 Å². The van der Waals surface area contributed by atoms with Gasteiger partial charge in [-0.05, 0) is 12.5 Å². The number of aryl methyl sites for hydroxylation is 1. The van der Waals surface area contributed by atoms with Crippen molar-refractivity contribution < 1.29 is 0 Å². The number of rotatable bonds is 6. The first kappa shape index (κ1) is 10.0. The minimum Gasteiger partial charge on any atom is -0.343 e. The van der Waals surface area contributed by atoms with Gasteiger partial charge in [-0.25, -0.2) is 4.98 Å². The third-order valence-corrected chi connectivity index (χ3v) is 2.14. The van der Waals surface area contributed by atoms with Crippen molar-refractivity contribution in [1.82, 2.24) is 9.97 Å². The van der Waals surface area contributed by atoms with E-state index in [1.54, 1.807) is 6.08 Å². The molecule has 0 aliphatic carbocycles. The second kappa shape index (κ2) is 5.57. The molecule has 1 N–H and O–H groups in total. The topological polar surface area (TPSA) is 28.7 Å². The first-order chi connectivity index (χ1) is 6.36. The van der Waals surface area contributed by atoms with E-state index in [4.69, 9.17) is 0 Å². The molecule has 1 rings (SSSR count). The molecule has 0 bridgehead atoms. The average Bonchev–Trinajstić information content (AvgIpc) is 2.60. The molecule has 1 heterocycles. The molecule has 2 heteroatoms. The SMILES string of the molecule is C=Cc1cnc(CCCCCC)[nH]1. The lowest BCUT2D eigenvalue weighted by Gasteiger charge is -1.96. The lowest BCUT2D eigenvalue weighted by atomic mass is 10.1. The lowest BCUT2D eigenvalue weighted by Crippen LogP contribution is -1.88. The Hall–Kier alpha value is -1.05. The molecule has 1 aromatic rings. The maximum atomic E-state index is 4.26. The van der Waals surface area contributed by atoms with E-state index in [1.165, 1.54) is 25.7 Å². The summed E-state index contributed by atoms with van der Waals surface area (Å²) >= 11 is 0. The van der Waals surface area contributed by atoms with E-state index in [0.717, 1.165) is 17.9 Å². The number of hydrogen-bond acceptors (Lipinski definition) is 1. The molecule has 0 saturated heterocycles. The van der Waals surface area contributed by atoms with Gasteiger partial charge in [-0.3, -0.25) is 0 Å². The maximum absolute atomic E-state index is 4.26. The Kier molecular flexibility index (Phi) is 4.30. The summed E-state index contributed by atoms with van der Waals surface area (Å²) in [7, 11) is 0. The molecule has 0 aromatic carbocycles. The molecular formula is C11H18N2. The fourth-order valence-electron chi connectivity index (χ4n) is 1.33. The number of H-pyrrole nitrogens is 1. The molecule has 0 aliphatic heterocycles. The van der Waals surface area contributed by atoms with Crippen LogP contribution in [0.25, 0.3) is 6.08 Å². The van der Waals surface area contributed by atoms with Crippen molar-refractivity contribution in [3.63, 3.8) is 0 Å². The zero-order valence-corrected chi connectivity index (χ0v) is 8.34.